The Labute approximate surface area is 69.6 Å². The number of hydrogen-bond donors (Lipinski definition) is 1. The molecule has 0 unspecified atom stereocenters. The Morgan fingerprint density at radius 2 is 2.20 bits per heavy atom. The van der Waals surface area contributed by atoms with E-state index in [4.69, 9.17) is 5.73 Å². The summed E-state index contributed by atoms with van der Waals surface area (Å²) in [6.07, 6.45) is 4.17. The monoisotopic (exact) mass is 205 g/mol. The van der Waals surface area contributed by atoms with Gasteiger partial charge in [-0.1, -0.05) is 28.9 Å². The summed E-state index contributed by atoms with van der Waals surface area (Å²) < 4.78 is 1.06. The topological polar surface area (TPSA) is 43.1 Å². The van der Waals surface area contributed by atoms with Crippen LogP contribution in [0, 0.1) is 0 Å². The molecule has 1 amide bonds. The zero-order valence-corrected chi connectivity index (χ0v) is 7.65. The molecule has 0 rings (SSSR count). The van der Waals surface area contributed by atoms with E-state index in [1.54, 1.807) is 0 Å². The van der Waals surface area contributed by atoms with Crippen LogP contribution in [-0.2, 0) is 4.79 Å². The van der Waals surface area contributed by atoms with Gasteiger partial charge in [0.15, 0.2) is 0 Å². The first-order valence-corrected chi connectivity index (χ1v) is 4.09. The highest BCUT2D eigenvalue weighted by Crippen LogP contribution is 2.12. The molecule has 0 heterocycles. The van der Waals surface area contributed by atoms with Gasteiger partial charge in [0.2, 0.25) is 5.91 Å². The van der Waals surface area contributed by atoms with Gasteiger partial charge >= 0.3 is 0 Å². The van der Waals surface area contributed by atoms with Crippen molar-refractivity contribution in [3.63, 3.8) is 0 Å². The van der Waals surface area contributed by atoms with Crippen LogP contribution in [0.25, 0.3) is 0 Å². The number of hydrogen-bond acceptors (Lipinski definition) is 1. The summed E-state index contributed by atoms with van der Waals surface area (Å²) in [5, 5.41) is 0. The van der Waals surface area contributed by atoms with Crippen molar-refractivity contribution in [2.75, 3.05) is 0 Å². The number of carbonyl (C=O) groups is 1. The van der Waals surface area contributed by atoms with Crippen molar-refractivity contribution in [1.29, 1.82) is 0 Å². The third kappa shape index (κ3) is 5.82. The van der Waals surface area contributed by atoms with Gasteiger partial charge < -0.3 is 5.73 Å². The summed E-state index contributed by atoms with van der Waals surface area (Å²) in [7, 11) is 0. The van der Waals surface area contributed by atoms with Crippen LogP contribution >= 0.6 is 15.9 Å². The quantitative estimate of drug-likeness (QED) is 0.750. The van der Waals surface area contributed by atoms with Crippen LogP contribution in [0.15, 0.2) is 10.6 Å². The van der Waals surface area contributed by atoms with E-state index in [0.717, 1.165) is 17.3 Å². The van der Waals surface area contributed by atoms with Gasteiger partial charge in [0.1, 0.15) is 0 Å². The van der Waals surface area contributed by atoms with Crippen molar-refractivity contribution in [2.45, 2.75) is 26.2 Å². The minimum absolute atomic E-state index is 0.249. The van der Waals surface area contributed by atoms with Gasteiger partial charge in [-0.05, 0) is 17.3 Å². The predicted octanol–water partition coefficient (Wildman–Crippen LogP) is 1.94. The highest BCUT2D eigenvalue weighted by Gasteiger charge is 1.95. The average Bonchev–Trinajstić information content (AvgIpc) is 1.85. The Kier molecular flexibility index (Phi) is 5.30. The molecule has 0 fully saturated rings. The van der Waals surface area contributed by atoms with Crippen molar-refractivity contribution in [1.82, 2.24) is 0 Å². The molecule has 0 atom stereocenters. The van der Waals surface area contributed by atoms with Crippen LogP contribution in [0.2, 0.25) is 0 Å². The van der Waals surface area contributed by atoms with Crippen LogP contribution < -0.4 is 5.73 Å². The molecule has 0 aromatic rings. The van der Waals surface area contributed by atoms with Crippen molar-refractivity contribution in [3.8, 4) is 0 Å². The number of rotatable bonds is 4. The van der Waals surface area contributed by atoms with Crippen LogP contribution in [0.5, 0.6) is 0 Å². The average molecular weight is 206 g/mol. The van der Waals surface area contributed by atoms with Crippen molar-refractivity contribution < 1.29 is 4.79 Å². The summed E-state index contributed by atoms with van der Waals surface area (Å²) in [5.74, 6) is -0.249. The maximum Gasteiger partial charge on any atom is 0.217 e. The Hall–Kier alpha value is -0.310. The van der Waals surface area contributed by atoms with E-state index in [-0.39, 0.29) is 5.91 Å². The number of primary amides is 1. The van der Waals surface area contributed by atoms with Crippen LogP contribution in [0.4, 0.5) is 0 Å². The van der Waals surface area contributed by atoms with Crippen LogP contribution in [-0.4, -0.2) is 5.91 Å². The Morgan fingerprint density at radius 1 is 1.60 bits per heavy atom. The van der Waals surface area contributed by atoms with Gasteiger partial charge in [-0.3, -0.25) is 4.79 Å². The standard InChI is InChI=1S/C7H12BrNO/c1-2-3-6(8)4-5-7(9)10/h3H,2,4-5H2,1H3,(H2,9,10)/b6-3+. The van der Waals surface area contributed by atoms with E-state index in [0.29, 0.717) is 6.42 Å². The molecule has 0 bridgehead atoms. The summed E-state index contributed by atoms with van der Waals surface area (Å²) in [6, 6.07) is 0. The molecule has 58 valence electrons. The highest BCUT2D eigenvalue weighted by molar-refractivity contribution is 9.11. The summed E-state index contributed by atoms with van der Waals surface area (Å²) >= 11 is 3.32. The molecule has 0 aromatic heterocycles. The highest BCUT2D eigenvalue weighted by atomic mass is 79.9. The Bertz CT molecular complexity index is 143. The van der Waals surface area contributed by atoms with Gasteiger partial charge in [0, 0.05) is 6.42 Å². The number of amides is 1. The molecule has 0 aliphatic carbocycles. The SMILES string of the molecule is CC/C=C(/Br)CCC(N)=O. The number of nitrogens with two attached hydrogens (primary N) is 1. The normalized spacial score (nSPS) is 11.6. The lowest BCUT2D eigenvalue weighted by Gasteiger charge is -1.94. The number of halogens is 1. The lowest BCUT2D eigenvalue weighted by molar-refractivity contribution is -0.117. The fraction of sp³-hybridized carbons (Fsp3) is 0.571. The van der Waals surface area contributed by atoms with Crippen molar-refractivity contribution in [3.05, 3.63) is 10.6 Å². The third-order valence-electron chi connectivity index (χ3n) is 1.04. The van der Waals surface area contributed by atoms with Gasteiger partial charge in [-0.25, -0.2) is 0 Å². The first kappa shape index (κ1) is 9.69. The smallest absolute Gasteiger partial charge is 0.217 e. The fourth-order valence-electron chi connectivity index (χ4n) is 0.566. The molecule has 3 heteroatoms. The maximum atomic E-state index is 10.3. The molecule has 0 aliphatic heterocycles. The van der Waals surface area contributed by atoms with Crippen LogP contribution in [0.1, 0.15) is 26.2 Å². The van der Waals surface area contributed by atoms with Gasteiger partial charge in [0.25, 0.3) is 0 Å². The lowest BCUT2D eigenvalue weighted by atomic mass is 10.2. The number of allylic oxidation sites excluding steroid dienone is 2. The van der Waals surface area contributed by atoms with Crippen LogP contribution in [0.3, 0.4) is 0 Å². The fourth-order valence-corrected chi connectivity index (χ4v) is 1.09. The van der Waals surface area contributed by atoms with E-state index in [2.05, 4.69) is 15.9 Å². The molecule has 2 N–H and O–H groups in total. The molecule has 0 saturated heterocycles. The molecule has 0 spiro atoms. The van der Waals surface area contributed by atoms with Crippen molar-refractivity contribution in [2.24, 2.45) is 5.73 Å². The van der Waals surface area contributed by atoms with E-state index in [1.165, 1.54) is 0 Å². The molecule has 0 aromatic carbocycles. The van der Waals surface area contributed by atoms with E-state index >= 15 is 0 Å². The second kappa shape index (κ2) is 5.47. The largest absolute Gasteiger partial charge is 0.370 e. The summed E-state index contributed by atoms with van der Waals surface area (Å²) in [5.41, 5.74) is 4.95. The maximum absolute atomic E-state index is 10.3. The second-order valence-corrected chi connectivity index (χ2v) is 3.04. The van der Waals surface area contributed by atoms with E-state index in [9.17, 15) is 4.79 Å². The first-order valence-electron chi connectivity index (χ1n) is 3.29. The van der Waals surface area contributed by atoms with Gasteiger partial charge in [-0.15, -0.1) is 0 Å². The molecule has 10 heavy (non-hydrogen) atoms. The zero-order valence-electron chi connectivity index (χ0n) is 6.06. The molecular weight excluding hydrogens is 194 g/mol. The Balaban J connectivity index is 3.48. The molecule has 0 aliphatic rings. The third-order valence-corrected chi connectivity index (χ3v) is 1.76. The molecule has 0 radical (unpaired) electrons. The summed E-state index contributed by atoms with van der Waals surface area (Å²) in [4.78, 5) is 10.3. The molecule has 2 nitrogen and oxygen atoms in total. The van der Waals surface area contributed by atoms with Gasteiger partial charge in [0.05, 0.1) is 0 Å². The number of carbonyl (C=O) groups excluding carboxylic acids is 1. The molecule has 0 saturated carbocycles. The van der Waals surface area contributed by atoms with E-state index < -0.39 is 0 Å². The minimum atomic E-state index is -0.249. The predicted molar refractivity (Wildman–Crippen MR) is 45.7 cm³/mol. The van der Waals surface area contributed by atoms with Crippen molar-refractivity contribution >= 4 is 21.8 Å². The zero-order chi connectivity index (χ0) is 7.98. The first-order chi connectivity index (χ1) is 4.66. The van der Waals surface area contributed by atoms with E-state index in [1.807, 2.05) is 13.0 Å². The lowest BCUT2D eigenvalue weighted by Crippen LogP contribution is -2.09. The minimum Gasteiger partial charge on any atom is -0.370 e. The second-order valence-electron chi connectivity index (χ2n) is 2.03. The Morgan fingerprint density at radius 3 is 2.60 bits per heavy atom. The molecular formula is C7H12BrNO. The van der Waals surface area contributed by atoms with Gasteiger partial charge in [-0.2, -0.15) is 0 Å². The summed E-state index contributed by atoms with van der Waals surface area (Å²) in [6.45, 7) is 2.05.